The summed E-state index contributed by atoms with van der Waals surface area (Å²) in [6.45, 7) is 5.08. The fourth-order valence-corrected chi connectivity index (χ4v) is 2.08. The Bertz CT molecular complexity index is 346. The van der Waals surface area contributed by atoms with Gasteiger partial charge in [-0.2, -0.15) is 0 Å². The Hall–Kier alpha value is -0.580. The van der Waals surface area contributed by atoms with Crippen LogP contribution in [0.1, 0.15) is 48.5 Å². The predicted octanol–water partition coefficient (Wildman–Crippen LogP) is 3.76. The molecule has 1 amide bonds. The van der Waals surface area contributed by atoms with Gasteiger partial charge in [0, 0.05) is 12.1 Å². The number of amides is 1. The molecule has 3 heteroatoms. The molecule has 17 heavy (non-hydrogen) atoms. The van der Waals surface area contributed by atoms with Gasteiger partial charge in [0.15, 0.2) is 0 Å². The van der Waals surface area contributed by atoms with E-state index in [4.69, 9.17) is 0 Å². The molecule has 0 aliphatic carbocycles. The van der Waals surface area contributed by atoms with Crippen LogP contribution in [-0.2, 0) is 0 Å². The molecular formula is C14H20INO. The average Bonchev–Trinajstić information content (AvgIpc) is 2.34. The van der Waals surface area contributed by atoms with Crippen molar-refractivity contribution in [1.82, 2.24) is 5.32 Å². The summed E-state index contributed by atoms with van der Waals surface area (Å²) < 4.78 is 1.15. The topological polar surface area (TPSA) is 29.1 Å². The Morgan fingerprint density at radius 1 is 1.24 bits per heavy atom. The molecule has 1 aromatic rings. The fraction of sp³-hybridized carbons (Fsp3) is 0.500. The summed E-state index contributed by atoms with van der Waals surface area (Å²) in [5, 5.41) is 2.94. The summed E-state index contributed by atoms with van der Waals surface area (Å²) in [7, 11) is 0. The van der Waals surface area contributed by atoms with Crippen LogP contribution in [0, 0.1) is 0 Å². The van der Waals surface area contributed by atoms with Crippen LogP contribution in [0.25, 0.3) is 0 Å². The number of alkyl halides is 1. The summed E-state index contributed by atoms with van der Waals surface area (Å²) in [5.41, 5.74) is 2.02. The van der Waals surface area contributed by atoms with E-state index in [0.29, 0.717) is 5.92 Å². The van der Waals surface area contributed by atoms with Crippen molar-refractivity contribution in [2.75, 3.05) is 11.0 Å². The Morgan fingerprint density at radius 3 is 2.41 bits per heavy atom. The third-order valence-electron chi connectivity index (χ3n) is 2.69. The van der Waals surface area contributed by atoms with Crippen LogP contribution < -0.4 is 5.32 Å². The monoisotopic (exact) mass is 345 g/mol. The van der Waals surface area contributed by atoms with Gasteiger partial charge >= 0.3 is 0 Å². The van der Waals surface area contributed by atoms with Gasteiger partial charge in [-0.25, -0.2) is 0 Å². The lowest BCUT2D eigenvalue weighted by Gasteiger charge is -2.07. The molecule has 0 aliphatic rings. The second kappa shape index (κ2) is 7.69. The lowest BCUT2D eigenvalue weighted by Crippen LogP contribution is -2.24. The molecule has 94 valence electrons. The molecule has 0 unspecified atom stereocenters. The van der Waals surface area contributed by atoms with Gasteiger partial charge in [-0.1, -0.05) is 48.6 Å². The molecule has 0 saturated heterocycles. The highest BCUT2D eigenvalue weighted by molar-refractivity contribution is 14.1. The standard InChI is InChI=1S/C14H20INO/c1-11(2)12-5-7-13(8-6-12)14(17)16-10-4-3-9-15/h5-8,11H,3-4,9-10H2,1-2H3,(H,16,17). The van der Waals surface area contributed by atoms with Crippen LogP contribution in [-0.4, -0.2) is 16.9 Å². The number of carbonyl (C=O) groups is 1. The van der Waals surface area contributed by atoms with E-state index in [0.717, 1.165) is 29.4 Å². The minimum Gasteiger partial charge on any atom is -0.352 e. The third kappa shape index (κ3) is 5.06. The number of hydrogen-bond donors (Lipinski definition) is 1. The van der Waals surface area contributed by atoms with Gasteiger partial charge < -0.3 is 5.32 Å². The summed E-state index contributed by atoms with van der Waals surface area (Å²) in [6, 6.07) is 7.88. The number of rotatable bonds is 6. The smallest absolute Gasteiger partial charge is 0.251 e. The van der Waals surface area contributed by atoms with E-state index in [2.05, 4.69) is 41.8 Å². The molecule has 0 saturated carbocycles. The Balaban J connectivity index is 2.46. The first kappa shape index (κ1) is 14.5. The van der Waals surface area contributed by atoms with Crippen molar-refractivity contribution < 1.29 is 4.79 Å². The van der Waals surface area contributed by atoms with Crippen molar-refractivity contribution in [1.29, 1.82) is 0 Å². The number of unbranched alkanes of at least 4 members (excludes halogenated alkanes) is 1. The fourth-order valence-electron chi connectivity index (χ4n) is 1.54. The molecule has 0 fully saturated rings. The maximum Gasteiger partial charge on any atom is 0.251 e. The SMILES string of the molecule is CC(C)c1ccc(C(=O)NCCCCI)cc1. The molecule has 0 atom stereocenters. The number of halogens is 1. The summed E-state index contributed by atoms with van der Waals surface area (Å²) in [6.07, 6.45) is 2.21. The van der Waals surface area contributed by atoms with Crippen LogP contribution in [0.4, 0.5) is 0 Å². The van der Waals surface area contributed by atoms with Gasteiger partial charge in [-0.3, -0.25) is 4.79 Å². The second-order valence-corrected chi connectivity index (χ2v) is 5.51. The number of benzene rings is 1. The van der Waals surface area contributed by atoms with Gasteiger partial charge in [-0.05, 0) is 40.9 Å². The second-order valence-electron chi connectivity index (χ2n) is 4.43. The van der Waals surface area contributed by atoms with Crippen molar-refractivity contribution in [3.63, 3.8) is 0 Å². The molecule has 0 aromatic heterocycles. The highest BCUT2D eigenvalue weighted by Gasteiger charge is 2.05. The van der Waals surface area contributed by atoms with Crippen LogP contribution in [0.3, 0.4) is 0 Å². The van der Waals surface area contributed by atoms with Crippen LogP contribution in [0.5, 0.6) is 0 Å². The van der Waals surface area contributed by atoms with Crippen LogP contribution >= 0.6 is 22.6 Å². The van der Waals surface area contributed by atoms with E-state index in [1.807, 2.05) is 24.3 Å². The number of hydrogen-bond acceptors (Lipinski definition) is 1. The largest absolute Gasteiger partial charge is 0.352 e. The summed E-state index contributed by atoms with van der Waals surface area (Å²) >= 11 is 2.35. The molecule has 0 aliphatic heterocycles. The van der Waals surface area contributed by atoms with E-state index in [-0.39, 0.29) is 5.91 Å². The van der Waals surface area contributed by atoms with Gasteiger partial charge in [0.25, 0.3) is 5.91 Å². The molecule has 2 nitrogen and oxygen atoms in total. The normalized spacial score (nSPS) is 10.6. The summed E-state index contributed by atoms with van der Waals surface area (Å²) in [5.74, 6) is 0.546. The first-order valence-corrected chi connectivity index (χ1v) is 7.62. The highest BCUT2D eigenvalue weighted by atomic mass is 127. The van der Waals surface area contributed by atoms with E-state index >= 15 is 0 Å². The zero-order valence-electron chi connectivity index (χ0n) is 10.5. The molecule has 1 N–H and O–H groups in total. The Morgan fingerprint density at radius 2 is 1.88 bits per heavy atom. The maximum absolute atomic E-state index is 11.8. The summed E-state index contributed by atoms with van der Waals surface area (Å²) in [4.78, 5) is 11.8. The molecule has 0 heterocycles. The van der Waals surface area contributed by atoms with E-state index in [1.54, 1.807) is 0 Å². The lowest BCUT2D eigenvalue weighted by molar-refractivity contribution is 0.0953. The van der Waals surface area contributed by atoms with Crippen molar-refractivity contribution >= 4 is 28.5 Å². The van der Waals surface area contributed by atoms with Gasteiger partial charge in [-0.15, -0.1) is 0 Å². The molecule has 0 radical (unpaired) electrons. The Labute approximate surface area is 117 Å². The predicted molar refractivity (Wildman–Crippen MR) is 81.0 cm³/mol. The lowest BCUT2D eigenvalue weighted by atomic mass is 10.0. The minimum absolute atomic E-state index is 0.0359. The molecular weight excluding hydrogens is 325 g/mol. The maximum atomic E-state index is 11.8. The third-order valence-corrected chi connectivity index (χ3v) is 3.45. The molecule has 0 bridgehead atoms. The molecule has 0 spiro atoms. The van der Waals surface area contributed by atoms with Crippen molar-refractivity contribution in [3.8, 4) is 0 Å². The number of carbonyl (C=O) groups excluding carboxylic acids is 1. The van der Waals surface area contributed by atoms with Gasteiger partial charge in [0.05, 0.1) is 0 Å². The van der Waals surface area contributed by atoms with Crippen molar-refractivity contribution in [2.45, 2.75) is 32.6 Å². The van der Waals surface area contributed by atoms with Crippen molar-refractivity contribution in [2.24, 2.45) is 0 Å². The first-order valence-electron chi connectivity index (χ1n) is 6.09. The Kier molecular flexibility index (Phi) is 6.55. The minimum atomic E-state index is 0.0359. The first-order chi connectivity index (χ1) is 8.15. The zero-order valence-corrected chi connectivity index (χ0v) is 12.7. The molecule has 1 rings (SSSR count). The van der Waals surface area contributed by atoms with Crippen LogP contribution in [0.15, 0.2) is 24.3 Å². The molecule has 1 aromatic carbocycles. The van der Waals surface area contributed by atoms with Gasteiger partial charge in [0.1, 0.15) is 0 Å². The highest BCUT2D eigenvalue weighted by Crippen LogP contribution is 2.14. The average molecular weight is 345 g/mol. The zero-order chi connectivity index (χ0) is 12.7. The van der Waals surface area contributed by atoms with Crippen molar-refractivity contribution in [3.05, 3.63) is 35.4 Å². The number of nitrogens with one attached hydrogen (secondary N) is 1. The van der Waals surface area contributed by atoms with Crippen LogP contribution in [0.2, 0.25) is 0 Å². The quantitative estimate of drug-likeness (QED) is 0.475. The van der Waals surface area contributed by atoms with E-state index < -0.39 is 0 Å². The van der Waals surface area contributed by atoms with E-state index in [9.17, 15) is 4.79 Å². The van der Waals surface area contributed by atoms with E-state index in [1.165, 1.54) is 5.56 Å². The van der Waals surface area contributed by atoms with Gasteiger partial charge in [0.2, 0.25) is 0 Å².